The molecule has 7 atom stereocenters. The average molecular weight is 573 g/mol. The quantitative estimate of drug-likeness (QED) is 0.225. The molecule has 40 heavy (non-hydrogen) atoms. The molecule has 2 unspecified atom stereocenters. The highest BCUT2D eigenvalue weighted by Crippen LogP contribution is 2.63. The molecule has 3 fully saturated rings. The van der Waals surface area contributed by atoms with Crippen LogP contribution in [0.1, 0.15) is 137 Å². The van der Waals surface area contributed by atoms with E-state index in [1.807, 2.05) is 18.0 Å². The number of hydrogen-bond acceptors (Lipinski definition) is 3. The molecule has 4 nitrogen and oxygen atoms in total. The summed E-state index contributed by atoms with van der Waals surface area (Å²) >= 11 is 2.09. The Morgan fingerprint density at radius 2 is 1.57 bits per heavy atom. The van der Waals surface area contributed by atoms with Crippen molar-refractivity contribution in [3.05, 3.63) is 12.2 Å². The summed E-state index contributed by atoms with van der Waals surface area (Å²) in [6.07, 6.45) is 23.6. The van der Waals surface area contributed by atoms with Gasteiger partial charge in [-0.3, -0.25) is 9.59 Å². The SMILES string of the molecule is CN1C(=O)C=C[C@@]2(C)C1CC[C@@H]1[C@H]2CC[C@]2(C)C(NC(=O)CCCCCCCCCCCSC(C)(C)C)CC[C@@H]12. The zero-order valence-corrected chi connectivity index (χ0v) is 27.6. The van der Waals surface area contributed by atoms with Crippen LogP contribution in [0.15, 0.2) is 12.2 Å². The van der Waals surface area contributed by atoms with E-state index in [2.05, 4.69) is 57.8 Å². The Kier molecular flexibility index (Phi) is 10.8. The van der Waals surface area contributed by atoms with Crippen LogP contribution in [0.2, 0.25) is 0 Å². The van der Waals surface area contributed by atoms with Gasteiger partial charge in [0.2, 0.25) is 11.8 Å². The summed E-state index contributed by atoms with van der Waals surface area (Å²) < 4.78 is 0.403. The van der Waals surface area contributed by atoms with Crippen LogP contribution >= 0.6 is 11.8 Å². The van der Waals surface area contributed by atoms with Crippen molar-refractivity contribution in [2.24, 2.45) is 28.6 Å². The van der Waals surface area contributed by atoms with Gasteiger partial charge in [-0.1, -0.05) is 85.6 Å². The van der Waals surface area contributed by atoms with E-state index in [0.717, 1.165) is 25.2 Å². The van der Waals surface area contributed by atoms with Crippen LogP contribution in [-0.2, 0) is 9.59 Å². The number of unbranched alkanes of at least 4 members (excludes halogenated alkanes) is 8. The highest BCUT2D eigenvalue weighted by atomic mass is 32.2. The number of likely N-dealkylation sites (N-methyl/N-ethyl adjacent to an activating group) is 1. The van der Waals surface area contributed by atoms with Crippen molar-refractivity contribution in [2.45, 2.75) is 154 Å². The van der Waals surface area contributed by atoms with Crippen LogP contribution in [0, 0.1) is 28.6 Å². The summed E-state index contributed by atoms with van der Waals surface area (Å²) in [5.41, 5.74) is 0.324. The maximum atomic E-state index is 13.0. The molecule has 0 saturated heterocycles. The zero-order valence-electron chi connectivity index (χ0n) is 26.7. The lowest BCUT2D eigenvalue weighted by Crippen LogP contribution is -2.60. The minimum absolute atomic E-state index is 0.0967. The van der Waals surface area contributed by atoms with Gasteiger partial charge in [0.15, 0.2) is 0 Å². The van der Waals surface area contributed by atoms with Crippen molar-refractivity contribution in [1.82, 2.24) is 10.2 Å². The first-order valence-corrected chi connectivity index (χ1v) is 17.8. The van der Waals surface area contributed by atoms with Gasteiger partial charge in [-0.15, -0.1) is 0 Å². The summed E-state index contributed by atoms with van der Waals surface area (Å²) in [5.74, 6) is 3.82. The Bertz CT molecular complexity index is 896. The van der Waals surface area contributed by atoms with Gasteiger partial charge in [0.25, 0.3) is 0 Å². The van der Waals surface area contributed by atoms with Crippen LogP contribution in [-0.4, -0.2) is 46.3 Å². The number of nitrogens with one attached hydrogen (secondary N) is 1. The smallest absolute Gasteiger partial charge is 0.246 e. The fraction of sp³-hybridized carbons (Fsp3) is 0.886. The molecule has 0 aromatic carbocycles. The molecule has 0 radical (unpaired) electrons. The Morgan fingerprint density at radius 3 is 2.25 bits per heavy atom. The van der Waals surface area contributed by atoms with Gasteiger partial charge in [-0.05, 0) is 86.4 Å². The molecule has 1 N–H and O–H groups in total. The van der Waals surface area contributed by atoms with E-state index in [1.165, 1.54) is 82.8 Å². The first kappa shape index (κ1) is 32.0. The molecule has 4 rings (SSSR count). The lowest BCUT2D eigenvalue weighted by atomic mass is 9.48. The summed E-state index contributed by atoms with van der Waals surface area (Å²) in [4.78, 5) is 27.3. The first-order valence-electron chi connectivity index (χ1n) is 16.8. The third kappa shape index (κ3) is 7.32. The fourth-order valence-electron chi connectivity index (χ4n) is 9.25. The van der Waals surface area contributed by atoms with Gasteiger partial charge >= 0.3 is 0 Å². The molecule has 228 valence electrons. The molecule has 1 aliphatic heterocycles. The third-order valence-corrected chi connectivity index (χ3v) is 12.9. The van der Waals surface area contributed by atoms with Crippen LogP contribution < -0.4 is 5.32 Å². The maximum absolute atomic E-state index is 13.0. The average Bonchev–Trinajstić information content (AvgIpc) is 3.22. The Morgan fingerprint density at radius 1 is 0.925 bits per heavy atom. The van der Waals surface area contributed by atoms with Gasteiger partial charge in [0, 0.05) is 35.7 Å². The molecule has 5 heteroatoms. The van der Waals surface area contributed by atoms with Crippen LogP contribution in [0.4, 0.5) is 0 Å². The van der Waals surface area contributed by atoms with E-state index in [9.17, 15) is 9.59 Å². The normalized spacial score (nSPS) is 35.3. The van der Waals surface area contributed by atoms with Crippen molar-refractivity contribution < 1.29 is 9.59 Å². The molecule has 1 heterocycles. The number of carbonyl (C=O) groups excluding carboxylic acids is 2. The standard InChI is InChI=1S/C35H60N2O2S/c1-33(2,3)40-25-15-13-11-9-7-8-10-12-14-16-31(38)36-29-19-18-27-26-17-20-30-35(5,24-22-32(39)37(30)6)28(26)21-23-34(27,29)4/h22,24,26-30H,7-21,23,25H2,1-6H3,(H,36,38)/t26-,27-,28+,29?,30?,34-,35+/m0/s1. The van der Waals surface area contributed by atoms with Crippen LogP contribution in [0.25, 0.3) is 0 Å². The Labute approximate surface area is 250 Å². The van der Waals surface area contributed by atoms with Crippen LogP contribution in [0.5, 0.6) is 0 Å². The largest absolute Gasteiger partial charge is 0.353 e. The van der Waals surface area contributed by atoms with Crippen molar-refractivity contribution >= 4 is 23.6 Å². The number of thioether (sulfide) groups is 1. The maximum Gasteiger partial charge on any atom is 0.246 e. The van der Waals surface area contributed by atoms with E-state index in [-0.39, 0.29) is 22.6 Å². The van der Waals surface area contributed by atoms with E-state index in [4.69, 9.17) is 0 Å². The van der Waals surface area contributed by atoms with Crippen LogP contribution in [0.3, 0.4) is 0 Å². The van der Waals surface area contributed by atoms with Crippen molar-refractivity contribution in [3.63, 3.8) is 0 Å². The summed E-state index contributed by atoms with van der Waals surface area (Å²) in [7, 11) is 2.00. The highest BCUT2D eigenvalue weighted by Gasteiger charge is 2.60. The van der Waals surface area contributed by atoms with Crippen molar-refractivity contribution in [2.75, 3.05) is 12.8 Å². The second-order valence-corrected chi connectivity index (χ2v) is 17.2. The predicted octanol–water partition coefficient (Wildman–Crippen LogP) is 8.54. The second-order valence-electron chi connectivity index (χ2n) is 15.3. The lowest BCUT2D eigenvalue weighted by molar-refractivity contribution is -0.138. The van der Waals surface area contributed by atoms with Gasteiger partial charge in [-0.25, -0.2) is 0 Å². The molecule has 0 aromatic rings. The summed E-state index contributed by atoms with van der Waals surface area (Å²) in [6.45, 7) is 11.8. The monoisotopic (exact) mass is 572 g/mol. The van der Waals surface area contributed by atoms with E-state index < -0.39 is 0 Å². The Balaban J connectivity index is 1.12. The first-order chi connectivity index (χ1) is 19.0. The minimum atomic E-state index is 0.0967. The van der Waals surface area contributed by atoms with E-state index >= 15 is 0 Å². The van der Waals surface area contributed by atoms with Gasteiger partial charge in [-0.2, -0.15) is 11.8 Å². The number of amides is 2. The number of rotatable bonds is 13. The molecular formula is C35H60N2O2S. The molecule has 0 spiro atoms. The van der Waals surface area contributed by atoms with Crippen molar-refractivity contribution in [3.8, 4) is 0 Å². The predicted molar refractivity (Wildman–Crippen MR) is 170 cm³/mol. The zero-order chi connectivity index (χ0) is 29.0. The van der Waals surface area contributed by atoms with Gasteiger partial charge in [0.05, 0.1) is 0 Å². The molecular weight excluding hydrogens is 512 g/mol. The molecule has 3 saturated carbocycles. The number of fused-ring (bicyclic) bond motifs is 5. The van der Waals surface area contributed by atoms with Gasteiger partial charge < -0.3 is 10.2 Å². The topological polar surface area (TPSA) is 49.4 Å². The van der Waals surface area contributed by atoms with Crippen molar-refractivity contribution in [1.29, 1.82) is 0 Å². The summed E-state index contributed by atoms with van der Waals surface area (Å²) in [6, 6.07) is 0.680. The molecule has 3 aliphatic carbocycles. The lowest BCUT2D eigenvalue weighted by Gasteiger charge is -2.60. The Hall–Kier alpha value is -0.970. The van der Waals surface area contributed by atoms with E-state index in [1.54, 1.807) is 0 Å². The number of nitrogens with zero attached hydrogens (tertiary/aromatic N) is 1. The minimum Gasteiger partial charge on any atom is -0.353 e. The second kappa shape index (κ2) is 13.6. The highest BCUT2D eigenvalue weighted by molar-refractivity contribution is 8.00. The molecule has 4 aliphatic rings. The molecule has 0 aromatic heterocycles. The summed E-state index contributed by atoms with van der Waals surface area (Å²) in [5, 5.41) is 3.53. The fourth-order valence-corrected chi connectivity index (χ4v) is 10.2. The molecule has 2 amide bonds. The number of carbonyl (C=O) groups is 2. The van der Waals surface area contributed by atoms with Gasteiger partial charge in [0.1, 0.15) is 0 Å². The number of hydrogen-bond donors (Lipinski definition) is 1. The van der Waals surface area contributed by atoms with E-state index in [0.29, 0.717) is 35.1 Å². The third-order valence-electron chi connectivity index (χ3n) is 11.5. The molecule has 0 bridgehead atoms.